The summed E-state index contributed by atoms with van der Waals surface area (Å²) in [7, 11) is 2.48. The smallest absolute Gasteiger partial charge is 0.357 e. The lowest BCUT2D eigenvalue weighted by atomic mass is 10.2. The van der Waals surface area contributed by atoms with Gasteiger partial charge in [-0.2, -0.15) is 0 Å². The molecule has 100 valence electrons. The first-order valence-corrected chi connectivity index (χ1v) is 6.02. The third-order valence-electron chi connectivity index (χ3n) is 2.39. The molecule has 0 aliphatic rings. The second-order valence-electron chi connectivity index (χ2n) is 3.47. The van der Waals surface area contributed by atoms with Crippen molar-refractivity contribution < 1.29 is 23.0 Å². The number of thiazole rings is 1. The zero-order valence-electron chi connectivity index (χ0n) is 10.1. The Morgan fingerprint density at radius 1 is 1.32 bits per heavy atom. The van der Waals surface area contributed by atoms with Crippen LogP contribution in [0.1, 0.15) is 10.5 Å². The summed E-state index contributed by atoms with van der Waals surface area (Å²) in [6.07, 6.45) is 0. The Kier molecular flexibility index (Phi) is 3.75. The Morgan fingerprint density at radius 3 is 2.68 bits per heavy atom. The molecule has 0 N–H and O–H groups in total. The molecule has 2 rings (SSSR count). The van der Waals surface area contributed by atoms with Crippen LogP contribution in [0, 0.1) is 11.6 Å². The van der Waals surface area contributed by atoms with Gasteiger partial charge in [0.1, 0.15) is 10.8 Å². The molecule has 0 aliphatic heterocycles. The van der Waals surface area contributed by atoms with Crippen LogP contribution in [0.25, 0.3) is 10.6 Å². The van der Waals surface area contributed by atoms with Crippen LogP contribution in [0.15, 0.2) is 17.5 Å². The molecule has 0 atom stereocenters. The Bertz CT molecular complexity index is 627. The first kappa shape index (κ1) is 13.4. The molecule has 0 saturated heterocycles. The van der Waals surface area contributed by atoms with Crippen molar-refractivity contribution in [1.29, 1.82) is 0 Å². The third kappa shape index (κ3) is 2.41. The van der Waals surface area contributed by atoms with Gasteiger partial charge in [0.25, 0.3) is 0 Å². The van der Waals surface area contributed by atoms with Crippen LogP contribution in [-0.2, 0) is 4.74 Å². The molecule has 0 unspecified atom stereocenters. The summed E-state index contributed by atoms with van der Waals surface area (Å²) >= 11 is 0.946. The number of carbonyl (C=O) groups excluding carboxylic acids is 1. The summed E-state index contributed by atoms with van der Waals surface area (Å²) in [4.78, 5) is 15.1. The van der Waals surface area contributed by atoms with Crippen LogP contribution in [0.2, 0.25) is 0 Å². The average molecular weight is 285 g/mol. The first-order valence-electron chi connectivity index (χ1n) is 5.14. The topological polar surface area (TPSA) is 48.4 Å². The van der Waals surface area contributed by atoms with Gasteiger partial charge in [0.15, 0.2) is 17.3 Å². The number of aromatic nitrogens is 1. The fourth-order valence-corrected chi connectivity index (χ4v) is 2.30. The van der Waals surface area contributed by atoms with E-state index in [9.17, 15) is 13.6 Å². The lowest BCUT2D eigenvalue weighted by molar-refractivity contribution is 0.0595. The van der Waals surface area contributed by atoms with Gasteiger partial charge in [0.2, 0.25) is 0 Å². The molecule has 4 nitrogen and oxygen atoms in total. The fraction of sp³-hybridized carbons (Fsp3) is 0.167. The summed E-state index contributed by atoms with van der Waals surface area (Å²) < 4.78 is 37.0. The molecule has 2 aromatic rings. The van der Waals surface area contributed by atoms with Crippen molar-refractivity contribution in [2.24, 2.45) is 0 Å². The number of methoxy groups -OCH3 is 2. The molecule has 7 heteroatoms. The van der Waals surface area contributed by atoms with E-state index in [2.05, 4.69) is 9.72 Å². The van der Waals surface area contributed by atoms with Crippen LogP contribution in [0.4, 0.5) is 8.78 Å². The van der Waals surface area contributed by atoms with Crippen LogP contribution < -0.4 is 4.74 Å². The van der Waals surface area contributed by atoms with Gasteiger partial charge in [-0.05, 0) is 12.1 Å². The molecular formula is C12H9F2NO3S. The predicted octanol–water partition coefficient (Wildman–Crippen LogP) is 2.88. The van der Waals surface area contributed by atoms with Crippen LogP contribution in [0.5, 0.6) is 5.75 Å². The summed E-state index contributed by atoms with van der Waals surface area (Å²) in [6.45, 7) is 0. The highest BCUT2D eigenvalue weighted by Crippen LogP contribution is 2.33. The number of carbonyl (C=O) groups is 1. The largest absolute Gasteiger partial charge is 0.494 e. The molecular weight excluding hydrogens is 276 g/mol. The molecule has 0 fully saturated rings. The number of benzene rings is 1. The number of halogens is 2. The minimum Gasteiger partial charge on any atom is -0.494 e. The van der Waals surface area contributed by atoms with E-state index in [1.807, 2.05) is 0 Å². The molecule has 0 aliphatic carbocycles. The summed E-state index contributed by atoms with van der Waals surface area (Å²) in [5.74, 6) is -2.38. The van der Waals surface area contributed by atoms with Gasteiger partial charge >= 0.3 is 5.97 Å². The van der Waals surface area contributed by atoms with Crippen molar-refractivity contribution in [2.45, 2.75) is 0 Å². The zero-order valence-corrected chi connectivity index (χ0v) is 10.9. The zero-order chi connectivity index (χ0) is 14.0. The number of rotatable bonds is 3. The number of hydrogen-bond acceptors (Lipinski definition) is 5. The normalized spacial score (nSPS) is 10.3. The molecule has 0 saturated carbocycles. The molecule has 1 heterocycles. The molecule has 0 amide bonds. The molecule has 0 spiro atoms. The number of esters is 1. The molecule has 1 aromatic carbocycles. The van der Waals surface area contributed by atoms with Crippen molar-refractivity contribution in [1.82, 2.24) is 4.98 Å². The number of hydrogen-bond donors (Lipinski definition) is 0. The van der Waals surface area contributed by atoms with Crippen molar-refractivity contribution in [3.63, 3.8) is 0 Å². The third-order valence-corrected chi connectivity index (χ3v) is 3.25. The van der Waals surface area contributed by atoms with Gasteiger partial charge in [0, 0.05) is 5.38 Å². The second kappa shape index (κ2) is 5.31. The maximum absolute atomic E-state index is 14.0. The van der Waals surface area contributed by atoms with E-state index in [0.717, 1.165) is 17.4 Å². The number of nitrogens with zero attached hydrogens (tertiary/aromatic N) is 1. The molecule has 0 radical (unpaired) electrons. The van der Waals surface area contributed by atoms with E-state index in [-0.39, 0.29) is 22.0 Å². The highest BCUT2D eigenvalue weighted by atomic mass is 32.1. The van der Waals surface area contributed by atoms with Crippen molar-refractivity contribution in [3.05, 3.63) is 34.8 Å². The van der Waals surface area contributed by atoms with Gasteiger partial charge in [-0.1, -0.05) is 0 Å². The van der Waals surface area contributed by atoms with Gasteiger partial charge in [-0.15, -0.1) is 11.3 Å². The minimum absolute atomic E-state index is 0.00381. The van der Waals surface area contributed by atoms with Crippen LogP contribution in [0.3, 0.4) is 0 Å². The monoisotopic (exact) mass is 285 g/mol. The van der Waals surface area contributed by atoms with Gasteiger partial charge in [-0.25, -0.2) is 18.6 Å². The second-order valence-corrected chi connectivity index (χ2v) is 4.33. The van der Waals surface area contributed by atoms with Crippen LogP contribution in [-0.4, -0.2) is 25.2 Å². The Morgan fingerprint density at radius 2 is 2.05 bits per heavy atom. The summed E-state index contributed by atoms with van der Waals surface area (Å²) in [5.41, 5.74) is -0.316. The molecule has 0 bridgehead atoms. The maximum atomic E-state index is 14.0. The van der Waals surface area contributed by atoms with E-state index in [0.29, 0.717) is 0 Å². The Hall–Kier alpha value is -2.02. The lowest BCUT2D eigenvalue weighted by Gasteiger charge is -2.06. The molecule has 1 aromatic heterocycles. The highest BCUT2D eigenvalue weighted by Gasteiger charge is 2.20. The van der Waals surface area contributed by atoms with Crippen molar-refractivity contribution >= 4 is 17.3 Å². The maximum Gasteiger partial charge on any atom is 0.357 e. The van der Waals surface area contributed by atoms with Crippen molar-refractivity contribution in [3.8, 4) is 16.3 Å². The van der Waals surface area contributed by atoms with Crippen molar-refractivity contribution in [2.75, 3.05) is 14.2 Å². The van der Waals surface area contributed by atoms with Gasteiger partial charge < -0.3 is 9.47 Å². The average Bonchev–Trinajstić information content (AvgIpc) is 2.87. The minimum atomic E-state index is -0.853. The van der Waals surface area contributed by atoms with Gasteiger partial charge in [-0.3, -0.25) is 0 Å². The SMILES string of the molecule is COC(=O)c1csc(-c2c(F)ccc(OC)c2F)n1. The van der Waals surface area contributed by atoms with E-state index in [1.54, 1.807) is 0 Å². The summed E-state index contributed by atoms with van der Waals surface area (Å²) in [6, 6.07) is 2.26. The standard InChI is InChI=1S/C12H9F2NO3S/c1-17-8-4-3-6(13)9(10(8)14)11-15-7(5-19-11)12(16)18-2/h3-5H,1-2H3. The highest BCUT2D eigenvalue weighted by molar-refractivity contribution is 7.13. The predicted molar refractivity (Wildman–Crippen MR) is 65.4 cm³/mol. The van der Waals surface area contributed by atoms with E-state index in [1.165, 1.54) is 25.7 Å². The van der Waals surface area contributed by atoms with E-state index < -0.39 is 17.6 Å². The number of ether oxygens (including phenoxy) is 2. The van der Waals surface area contributed by atoms with Crippen LogP contribution >= 0.6 is 11.3 Å². The first-order chi connectivity index (χ1) is 9.08. The summed E-state index contributed by atoms with van der Waals surface area (Å²) in [5, 5.41) is 1.42. The van der Waals surface area contributed by atoms with Gasteiger partial charge in [0.05, 0.1) is 19.8 Å². The molecule has 19 heavy (non-hydrogen) atoms. The van der Waals surface area contributed by atoms with E-state index in [4.69, 9.17) is 4.74 Å². The van der Waals surface area contributed by atoms with E-state index >= 15 is 0 Å². The lowest BCUT2D eigenvalue weighted by Crippen LogP contribution is -2.01. The fourth-order valence-electron chi connectivity index (χ4n) is 1.47. The Balaban J connectivity index is 2.52. The Labute approximate surface area is 111 Å². The quantitative estimate of drug-likeness (QED) is 0.814.